The van der Waals surface area contributed by atoms with E-state index in [2.05, 4.69) is 22.1 Å². The second-order valence-electron chi connectivity index (χ2n) is 5.35. The first-order valence-corrected chi connectivity index (χ1v) is 6.93. The van der Waals surface area contributed by atoms with Crippen molar-refractivity contribution in [2.24, 2.45) is 12.0 Å². The SMILES string of the molecule is Cn1ccnc1-c1ccccc1C1(N=C=O)CCCC1. The summed E-state index contributed by atoms with van der Waals surface area (Å²) < 4.78 is 1.99. The molecule has 0 unspecified atom stereocenters. The van der Waals surface area contributed by atoms with Gasteiger partial charge in [-0.1, -0.05) is 37.1 Å². The molecular formula is C16H17N3O. The Balaban J connectivity index is 2.19. The molecule has 102 valence electrons. The fourth-order valence-corrected chi connectivity index (χ4v) is 3.20. The molecule has 2 aromatic rings. The first kappa shape index (κ1) is 12.8. The summed E-state index contributed by atoms with van der Waals surface area (Å²) in [6.07, 6.45) is 9.51. The molecule has 0 spiro atoms. The van der Waals surface area contributed by atoms with E-state index in [4.69, 9.17) is 0 Å². The van der Waals surface area contributed by atoms with Gasteiger partial charge in [-0.05, 0) is 18.4 Å². The molecule has 4 nitrogen and oxygen atoms in total. The van der Waals surface area contributed by atoms with Gasteiger partial charge in [0.05, 0.1) is 5.54 Å². The molecule has 1 aromatic heterocycles. The Kier molecular flexibility index (Phi) is 3.25. The number of rotatable bonds is 3. The number of aryl methyl sites for hydroxylation is 1. The van der Waals surface area contributed by atoms with Crippen molar-refractivity contribution in [2.45, 2.75) is 31.2 Å². The van der Waals surface area contributed by atoms with Crippen LogP contribution in [0.3, 0.4) is 0 Å². The molecule has 0 aliphatic heterocycles. The molecule has 0 saturated heterocycles. The van der Waals surface area contributed by atoms with Crippen molar-refractivity contribution in [1.29, 1.82) is 0 Å². The van der Waals surface area contributed by atoms with E-state index < -0.39 is 5.54 Å². The Bertz CT molecular complexity index is 662. The summed E-state index contributed by atoms with van der Waals surface area (Å²) >= 11 is 0. The number of benzene rings is 1. The molecular weight excluding hydrogens is 250 g/mol. The summed E-state index contributed by atoms with van der Waals surface area (Å²) in [5.74, 6) is 0.910. The lowest BCUT2D eigenvalue weighted by atomic mass is 9.85. The van der Waals surface area contributed by atoms with Crippen molar-refractivity contribution in [3.05, 3.63) is 42.2 Å². The van der Waals surface area contributed by atoms with E-state index in [0.29, 0.717) is 0 Å². The van der Waals surface area contributed by atoms with Gasteiger partial charge < -0.3 is 4.57 Å². The van der Waals surface area contributed by atoms with Gasteiger partial charge in [0, 0.05) is 25.0 Å². The Labute approximate surface area is 118 Å². The molecule has 1 fully saturated rings. The maximum absolute atomic E-state index is 10.9. The van der Waals surface area contributed by atoms with E-state index in [-0.39, 0.29) is 0 Å². The molecule has 1 aliphatic carbocycles. The van der Waals surface area contributed by atoms with Crippen molar-refractivity contribution in [2.75, 3.05) is 0 Å². The first-order valence-electron chi connectivity index (χ1n) is 6.93. The summed E-state index contributed by atoms with van der Waals surface area (Å²) in [6, 6.07) is 8.12. The highest BCUT2D eigenvalue weighted by atomic mass is 16.1. The van der Waals surface area contributed by atoms with Crippen LogP contribution in [-0.2, 0) is 17.4 Å². The number of carbonyl (C=O) groups excluding carboxylic acids is 1. The van der Waals surface area contributed by atoms with E-state index in [9.17, 15) is 4.79 Å². The van der Waals surface area contributed by atoms with Crippen LogP contribution in [0, 0.1) is 0 Å². The van der Waals surface area contributed by atoms with Gasteiger partial charge >= 0.3 is 0 Å². The number of imidazole rings is 1. The largest absolute Gasteiger partial charge is 0.334 e. The van der Waals surface area contributed by atoms with Gasteiger partial charge in [-0.15, -0.1) is 0 Å². The van der Waals surface area contributed by atoms with Crippen LogP contribution in [0.5, 0.6) is 0 Å². The summed E-state index contributed by atoms with van der Waals surface area (Å²) in [4.78, 5) is 19.5. The number of nitrogens with zero attached hydrogens (tertiary/aromatic N) is 3. The van der Waals surface area contributed by atoms with Crippen molar-refractivity contribution < 1.29 is 4.79 Å². The predicted octanol–water partition coefficient (Wildman–Crippen LogP) is 3.19. The lowest BCUT2D eigenvalue weighted by molar-refractivity contribution is 0.456. The third kappa shape index (κ3) is 1.98. The average Bonchev–Trinajstić information content (AvgIpc) is 3.09. The van der Waals surface area contributed by atoms with Crippen molar-refractivity contribution in [3.63, 3.8) is 0 Å². The van der Waals surface area contributed by atoms with Crippen LogP contribution in [-0.4, -0.2) is 15.6 Å². The van der Waals surface area contributed by atoms with E-state index in [1.165, 1.54) is 0 Å². The Morgan fingerprint density at radius 2 is 2.05 bits per heavy atom. The predicted molar refractivity (Wildman–Crippen MR) is 76.9 cm³/mol. The Hall–Kier alpha value is -2.19. The first-order chi connectivity index (χ1) is 9.77. The number of hydrogen-bond acceptors (Lipinski definition) is 3. The third-order valence-electron chi connectivity index (χ3n) is 4.18. The maximum atomic E-state index is 10.9. The summed E-state index contributed by atoms with van der Waals surface area (Å²) in [7, 11) is 1.98. The van der Waals surface area contributed by atoms with Crippen LogP contribution < -0.4 is 0 Å². The third-order valence-corrected chi connectivity index (χ3v) is 4.18. The monoisotopic (exact) mass is 267 g/mol. The van der Waals surface area contributed by atoms with Gasteiger partial charge in [-0.3, -0.25) is 0 Å². The molecule has 0 atom stereocenters. The van der Waals surface area contributed by atoms with Gasteiger partial charge in [0.15, 0.2) is 0 Å². The fourth-order valence-electron chi connectivity index (χ4n) is 3.20. The van der Waals surface area contributed by atoms with Crippen LogP contribution in [0.1, 0.15) is 31.2 Å². The molecule has 0 N–H and O–H groups in total. The smallest absolute Gasteiger partial charge is 0.235 e. The minimum atomic E-state index is -0.412. The number of isocyanates is 1. The molecule has 1 aromatic carbocycles. The minimum Gasteiger partial charge on any atom is -0.334 e. The molecule has 1 saturated carbocycles. The van der Waals surface area contributed by atoms with E-state index >= 15 is 0 Å². The summed E-state index contributed by atoms with van der Waals surface area (Å²) in [5, 5.41) is 0. The lowest BCUT2D eigenvalue weighted by Gasteiger charge is -2.25. The second kappa shape index (κ2) is 5.06. The van der Waals surface area contributed by atoms with Gasteiger partial charge in [0.25, 0.3) is 0 Å². The number of aromatic nitrogens is 2. The van der Waals surface area contributed by atoms with E-state index in [0.717, 1.165) is 42.6 Å². The zero-order valence-electron chi connectivity index (χ0n) is 11.5. The van der Waals surface area contributed by atoms with Crippen LogP contribution >= 0.6 is 0 Å². The van der Waals surface area contributed by atoms with E-state index in [1.807, 2.05) is 29.9 Å². The molecule has 4 heteroatoms. The fraction of sp³-hybridized carbons (Fsp3) is 0.375. The summed E-state index contributed by atoms with van der Waals surface area (Å²) in [6.45, 7) is 0. The molecule has 0 radical (unpaired) electrons. The van der Waals surface area contributed by atoms with Crippen molar-refractivity contribution >= 4 is 6.08 Å². The number of hydrogen-bond donors (Lipinski definition) is 0. The molecule has 0 bridgehead atoms. The van der Waals surface area contributed by atoms with Gasteiger partial charge in [-0.25, -0.2) is 9.78 Å². The van der Waals surface area contributed by atoms with Crippen molar-refractivity contribution in [3.8, 4) is 11.4 Å². The van der Waals surface area contributed by atoms with Crippen LogP contribution in [0.25, 0.3) is 11.4 Å². The molecule has 3 rings (SSSR count). The normalized spacial score (nSPS) is 16.9. The molecule has 1 heterocycles. The highest BCUT2D eigenvalue weighted by molar-refractivity contribution is 5.63. The van der Waals surface area contributed by atoms with Crippen LogP contribution in [0.15, 0.2) is 41.7 Å². The van der Waals surface area contributed by atoms with E-state index in [1.54, 1.807) is 12.3 Å². The van der Waals surface area contributed by atoms with Gasteiger partial charge in [0.1, 0.15) is 5.82 Å². The zero-order valence-corrected chi connectivity index (χ0v) is 11.5. The second-order valence-corrected chi connectivity index (χ2v) is 5.35. The number of aliphatic imine (C=N–C) groups is 1. The summed E-state index contributed by atoms with van der Waals surface area (Å²) in [5.41, 5.74) is 1.74. The molecule has 0 amide bonds. The zero-order chi connectivity index (χ0) is 14.0. The van der Waals surface area contributed by atoms with Crippen LogP contribution in [0.4, 0.5) is 0 Å². The van der Waals surface area contributed by atoms with Crippen molar-refractivity contribution in [1.82, 2.24) is 9.55 Å². The lowest BCUT2D eigenvalue weighted by Crippen LogP contribution is -2.20. The Morgan fingerprint density at radius 1 is 1.30 bits per heavy atom. The molecule has 1 aliphatic rings. The highest BCUT2D eigenvalue weighted by Gasteiger charge is 2.37. The standard InChI is InChI=1S/C16H17N3O/c1-19-11-10-17-15(19)13-6-2-3-7-14(13)16(18-12-20)8-4-5-9-16/h2-3,6-7,10-11H,4-5,8-9H2,1H3. The van der Waals surface area contributed by atoms with Gasteiger partial charge in [0.2, 0.25) is 6.08 Å². The minimum absolute atomic E-state index is 0.412. The quantitative estimate of drug-likeness (QED) is 0.633. The average molecular weight is 267 g/mol. The maximum Gasteiger partial charge on any atom is 0.235 e. The topological polar surface area (TPSA) is 47.2 Å². The highest BCUT2D eigenvalue weighted by Crippen LogP contribution is 2.45. The Morgan fingerprint density at radius 3 is 2.70 bits per heavy atom. The van der Waals surface area contributed by atoms with Gasteiger partial charge in [-0.2, -0.15) is 4.99 Å². The van der Waals surface area contributed by atoms with Crippen LogP contribution in [0.2, 0.25) is 0 Å². The molecule has 20 heavy (non-hydrogen) atoms.